The molecule has 2 aromatic heterocycles. The van der Waals surface area contributed by atoms with Gasteiger partial charge in [-0.25, -0.2) is 0 Å². The largest absolute Gasteiger partial charge is 0.357 e. The summed E-state index contributed by atoms with van der Waals surface area (Å²) in [5.74, 6) is 0.0710. The van der Waals surface area contributed by atoms with Crippen molar-refractivity contribution >= 4 is 16.8 Å². The zero-order valence-electron chi connectivity index (χ0n) is 11.5. The number of pyridine rings is 1. The van der Waals surface area contributed by atoms with Crippen molar-refractivity contribution in [1.82, 2.24) is 14.9 Å². The van der Waals surface area contributed by atoms with Crippen LogP contribution in [0, 0.1) is 0 Å². The number of hydrogen-bond acceptors (Lipinski definition) is 2. The Bertz CT molecular complexity index is 807. The van der Waals surface area contributed by atoms with Gasteiger partial charge in [0.15, 0.2) is 0 Å². The van der Waals surface area contributed by atoms with E-state index in [1.807, 2.05) is 11.0 Å². The van der Waals surface area contributed by atoms with Crippen molar-refractivity contribution in [2.75, 3.05) is 6.54 Å². The van der Waals surface area contributed by atoms with Crippen LogP contribution in [0.15, 0.2) is 48.8 Å². The summed E-state index contributed by atoms with van der Waals surface area (Å²) in [6, 6.07) is 11.9. The van der Waals surface area contributed by atoms with E-state index in [-0.39, 0.29) is 5.91 Å². The van der Waals surface area contributed by atoms with Crippen LogP contribution in [0.1, 0.15) is 21.6 Å². The predicted molar refractivity (Wildman–Crippen MR) is 81.0 cm³/mol. The van der Waals surface area contributed by atoms with Gasteiger partial charge in [0.2, 0.25) is 0 Å². The molecular formula is C17H15N3O. The Morgan fingerprint density at radius 2 is 1.95 bits per heavy atom. The predicted octanol–water partition coefficient (Wildman–Crippen LogP) is 2.76. The molecule has 0 unspecified atom stereocenters. The van der Waals surface area contributed by atoms with Crippen LogP contribution in [0.4, 0.5) is 0 Å². The molecule has 21 heavy (non-hydrogen) atoms. The highest BCUT2D eigenvalue weighted by molar-refractivity contribution is 5.94. The lowest BCUT2D eigenvalue weighted by molar-refractivity contribution is 0.0733. The highest BCUT2D eigenvalue weighted by Crippen LogP contribution is 2.27. The minimum Gasteiger partial charge on any atom is -0.357 e. The number of fused-ring (bicyclic) bond motifs is 3. The minimum atomic E-state index is 0.0710. The molecule has 1 aliphatic rings. The third-order valence-corrected chi connectivity index (χ3v) is 4.10. The average Bonchev–Trinajstić information content (AvgIpc) is 2.92. The summed E-state index contributed by atoms with van der Waals surface area (Å²) in [6.45, 7) is 1.40. The molecule has 104 valence electrons. The normalized spacial score (nSPS) is 14.2. The van der Waals surface area contributed by atoms with Gasteiger partial charge >= 0.3 is 0 Å². The Labute approximate surface area is 122 Å². The molecule has 0 fully saturated rings. The standard InChI is InChI=1S/C17H15N3O/c21-17(12-5-8-18-9-6-12)20-10-7-14-13-3-1-2-4-15(13)19-16(14)11-20/h1-6,8-9,19H,7,10-11H2. The number of hydrogen-bond donors (Lipinski definition) is 1. The molecule has 4 rings (SSSR count). The molecule has 1 aliphatic heterocycles. The summed E-state index contributed by atoms with van der Waals surface area (Å²) in [5, 5.41) is 1.28. The van der Waals surface area contributed by atoms with E-state index in [4.69, 9.17) is 0 Å². The summed E-state index contributed by atoms with van der Waals surface area (Å²) >= 11 is 0. The van der Waals surface area contributed by atoms with Crippen LogP contribution in [0.2, 0.25) is 0 Å². The quantitative estimate of drug-likeness (QED) is 0.743. The topological polar surface area (TPSA) is 49.0 Å². The fourth-order valence-electron chi connectivity index (χ4n) is 3.04. The number of aromatic amines is 1. The van der Waals surface area contributed by atoms with Gasteiger partial charge in [-0.15, -0.1) is 0 Å². The Kier molecular flexibility index (Phi) is 2.74. The fourth-order valence-corrected chi connectivity index (χ4v) is 3.04. The molecule has 0 saturated carbocycles. The SMILES string of the molecule is O=C(c1ccncc1)N1CCc2c([nH]c3ccccc23)C1. The molecule has 0 bridgehead atoms. The van der Waals surface area contributed by atoms with Crippen molar-refractivity contribution in [3.8, 4) is 0 Å². The second kappa shape index (κ2) is 4.74. The minimum absolute atomic E-state index is 0.0710. The number of nitrogens with one attached hydrogen (secondary N) is 1. The highest BCUT2D eigenvalue weighted by atomic mass is 16.2. The number of H-pyrrole nitrogens is 1. The number of benzene rings is 1. The molecule has 0 radical (unpaired) electrons. The van der Waals surface area contributed by atoms with Crippen LogP contribution in [-0.4, -0.2) is 27.3 Å². The number of nitrogens with zero attached hydrogens (tertiary/aromatic N) is 2. The number of amides is 1. The van der Waals surface area contributed by atoms with Gasteiger partial charge < -0.3 is 9.88 Å². The van der Waals surface area contributed by atoms with Gasteiger partial charge in [-0.1, -0.05) is 18.2 Å². The maximum atomic E-state index is 12.5. The van der Waals surface area contributed by atoms with Crippen molar-refractivity contribution < 1.29 is 4.79 Å². The zero-order chi connectivity index (χ0) is 14.2. The van der Waals surface area contributed by atoms with E-state index in [9.17, 15) is 4.79 Å². The molecule has 4 heteroatoms. The van der Waals surface area contributed by atoms with E-state index in [1.54, 1.807) is 24.5 Å². The Balaban J connectivity index is 1.66. The number of rotatable bonds is 1. The Morgan fingerprint density at radius 3 is 2.81 bits per heavy atom. The van der Waals surface area contributed by atoms with E-state index in [0.717, 1.165) is 24.2 Å². The molecule has 1 aromatic carbocycles. The van der Waals surface area contributed by atoms with Gasteiger partial charge in [-0.2, -0.15) is 0 Å². The third-order valence-electron chi connectivity index (χ3n) is 4.10. The maximum Gasteiger partial charge on any atom is 0.254 e. The van der Waals surface area contributed by atoms with Gasteiger partial charge in [-0.05, 0) is 30.2 Å². The zero-order valence-corrected chi connectivity index (χ0v) is 11.5. The molecule has 0 atom stereocenters. The third kappa shape index (κ3) is 2.00. The molecular weight excluding hydrogens is 262 g/mol. The summed E-state index contributed by atoms with van der Waals surface area (Å²) in [6.07, 6.45) is 4.22. The fraction of sp³-hybridized carbons (Fsp3) is 0.176. The first-order chi connectivity index (χ1) is 10.3. The maximum absolute atomic E-state index is 12.5. The second-order valence-electron chi connectivity index (χ2n) is 5.34. The van der Waals surface area contributed by atoms with Crippen molar-refractivity contribution in [1.29, 1.82) is 0 Å². The average molecular weight is 277 g/mol. The number of para-hydroxylation sites is 1. The van der Waals surface area contributed by atoms with Crippen molar-refractivity contribution in [2.24, 2.45) is 0 Å². The highest BCUT2D eigenvalue weighted by Gasteiger charge is 2.24. The van der Waals surface area contributed by atoms with E-state index >= 15 is 0 Å². The van der Waals surface area contributed by atoms with Crippen molar-refractivity contribution in [3.63, 3.8) is 0 Å². The summed E-state index contributed by atoms with van der Waals surface area (Å²) < 4.78 is 0. The molecule has 1 N–H and O–H groups in total. The van der Waals surface area contributed by atoms with Crippen LogP contribution in [0.3, 0.4) is 0 Å². The number of carbonyl (C=O) groups is 1. The van der Waals surface area contributed by atoms with Crippen molar-refractivity contribution in [3.05, 3.63) is 65.6 Å². The first-order valence-electron chi connectivity index (χ1n) is 7.11. The van der Waals surface area contributed by atoms with Gasteiger partial charge in [-0.3, -0.25) is 9.78 Å². The first-order valence-corrected chi connectivity index (χ1v) is 7.11. The molecule has 0 saturated heterocycles. The number of carbonyl (C=O) groups excluding carboxylic acids is 1. The monoisotopic (exact) mass is 277 g/mol. The van der Waals surface area contributed by atoms with Crippen LogP contribution in [0.5, 0.6) is 0 Å². The van der Waals surface area contributed by atoms with Gasteiger partial charge in [0.05, 0.1) is 6.54 Å². The summed E-state index contributed by atoms with van der Waals surface area (Å²) in [7, 11) is 0. The molecule has 3 aromatic rings. The Morgan fingerprint density at radius 1 is 1.14 bits per heavy atom. The lowest BCUT2D eigenvalue weighted by Crippen LogP contribution is -2.35. The Hall–Kier alpha value is -2.62. The first kappa shape index (κ1) is 12.1. The van der Waals surface area contributed by atoms with Crippen LogP contribution in [-0.2, 0) is 13.0 Å². The van der Waals surface area contributed by atoms with Gasteiger partial charge in [0.1, 0.15) is 0 Å². The lowest BCUT2D eigenvalue weighted by atomic mass is 10.0. The van der Waals surface area contributed by atoms with E-state index in [0.29, 0.717) is 12.1 Å². The van der Waals surface area contributed by atoms with E-state index in [2.05, 4.69) is 28.2 Å². The van der Waals surface area contributed by atoms with Crippen LogP contribution in [0.25, 0.3) is 10.9 Å². The summed E-state index contributed by atoms with van der Waals surface area (Å²) in [4.78, 5) is 21.8. The van der Waals surface area contributed by atoms with E-state index < -0.39 is 0 Å². The van der Waals surface area contributed by atoms with Gasteiger partial charge in [0.25, 0.3) is 5.91 Å². The lowest BCUT2D eigenvalue weighted by Gasteiger charge is -2.27. The smallest absolute Gasteiger partial charge is 0.254 e. The van der Waals surface area contributed by atoms with Crippen molar-refractivity contribution in [2.45, 2.75) is 13.0 Å². The van der Waals surface area contributed by atoms with E-state index in [1.165, 1.54) is 10.9 Å². The van der Waals surface area contributed by atoms with Crippen LogP contribution < -0.4 is 0 Å². The molecule has 0 spiro atoms. The second-order valence-corrected chi connectivity index (χ2v) is 5.34. The molecule has 4 nitrogen and oxygen atoms in total. The van der Waals surface area contributed by atoms with Crippen LogP contribution >= 0.6 is 0 Å². The molecule has 3 heterocycles. The summed E-state index contributed by atoms with van der Waals surface area (Å²) in [5.41, 5.74) is 4.36. The number of aromatic nitrogens is 2. The van der Waals surface area contributed by atoms with Gasteiger partial charge in [0, 0.05) is 41.1 Å². The molecule has 0 aliphatic carbocycles. The molecule has 1 amide bonds.